The lowest BCUT2D eigenvalue weighted by atomic mass is 9.75. The zero-order valence-corrected chi connectivity index (χ0v) is 9.17. The smallest absolute Gasteiger partial charge is 0.290 e. The van der Waals surface area contributed by atoms with Crippen molar-refractivity contribution in [3.05, 3.63) is 35.9 Å². The number of hydrogen-bond acceptors (Lipinski definition) is 3. The van der Waals surface area contributed by atoms with Crippen LogP contribution in [0.2, 0.25) is 0 Å². The molecule has 0 bridgehead atoms. The van der Waals surface area contributed by atoms with E-state index in [1.54, 1.807) is 0 Å². The van der Waals surface area contributed by atoms with Crippen LogP contribution in [-0.2, 0) is 6.54 Å². The van der Waals surface area contributed by atoms with Gasteiger partial charge in [0.2, 0.25) is 0 Å². The van der Waals surface area contributed by atoms with Crippen molar-refractivity contribution in [3.8, 4) is 0 Å². The standard InChI is InChI=1S/C9H13B3N3/c1-13-10-14(2)12-15(11-13)8-9-6-4-3-5-7-9/h3-7H,8H2,1-2H3. The van der Waals surface area contributed by atoms with Crippen LogP contribution in [0, 0.1) is 0 Å². The fourth-order valence-corrected chi connectivity index (χ4v) is 1.72. The van der Waals surface area contributed by atoms with Crippen LogP contribution in [0.4, 0.5) is 0 Å². The fraction of sp³-hybridized carbons (Fsp3) is 0.333. The van der Waals surface area contributed by atoms with Crippen LogP contribution in [0.5, 0.6) is 0 Å². The highest BCUT2D eigenvalue weighted by Gasteiger charge is 2.23. The molecule has 0 saturated carbocycles. The SMILES string of the molecule is CN1[B]N(C)[B]N(Cc2ccccc2)[B]1. The van der Waals surface area contributed by atoms with Crippen LogP contribution >= 0.6 is 0 Å². The number of benzene rings is 1. The minimum Gasteiger partial charge on any atom is -0.367 e. The maximum Gasteiger partial charge on any atom is 0.290 e. The first kappa shape index (κ1) is 10.8. The minimum atomic E-state index is 0.906. The molecule has 73 valence electrons. The first-order valence-electron chi connectivity index (χ1n) is 5.02. The molecular formula is C9H13B3N3. The van der Waals surface area contributed by atoms with Crippen molar-refractivity contribution in [2.45, 2.75) is 6.54 Å². The summed E-state index contributed by atoms with van der Waals surface area (Å²) >= 11 is 0. The predicted octanol–water partition coefficient (Wildman–Crippen LogP) is -0.0316. The van der Waals surface area contributed by atoms with Crippen LogP contribution in [0.3, 0.4) is 0 Å². The van der Waals surface area contributed by atoms with Gasteiger partial charge in [0.15, 0.2) is 0 Å². The van der Waals surface area contributed by atoms with Gasteiger partial charge >= 0.3 is 0 Å². The summed E-state index contributed by atoms with van der Waals surface area (Å²) in [5.41, 5.74) is 1.31. The molecule has 1 aliphatic heterocycles. The van der Waals surface area contributed by atoms with E-state index in [1.807, 2.05) is 37.2 Å². The molecule has 3 nitrogen and oxygen atoms in total. The Morgan fingerprint density at radius 1 is 0.933 bits per heavy atom. The Kier molecular flexibility index (Phi) is 3.51. The van der Waals surface area contributed by atoms with E-state index < -0.39 is 0 Å². The molecule has 0 N–H and O–H groups in total. The highest BCUT2D eigenvalue weighted by Crippen LogP contribution is 2.05. The van der Waals surface area contributed by atoms with Crippen LogP contribution in [0.1, 0.15) is 5.56 Å². The third kappa shape index (κ3) is 3.13. The van der Waals surface area contributed by atoms with Crippen molar-refractivity contribution < 1.29 is 0 Å². The van der Waals surface area contributed by atoms with E-state index >= 15 is 0 Å². The van der Waals surface area contributed by atoms with Crippen molar-refractivity contribution in [2.75, 3.05) is 14.1 Å². The van der Waals surface area contributed by atoms with E-state index in [1.165, 1.54) is 5.56 Å². The molecule has 1 aliphatic rings. The quantitative estimate of drug-likeness (QED) is 0.614. The van der Waals surface area contributed by atoms with E-state index in [0.29, 0.717) is 0 Å². The van der Waals surface area contributed by atoms with E-state index in [-0.39, 0.29) is 0 Å². The molecule has 15 heavy (non-hydrogen) atoms. The van der Waals surface area contributed by atoms with Gasteiger partial charge in [0.05, 0.1) is 0 Å². The summed E-state index contributed by atoms with van der Waals surface area (Å²) in [7, 11) is 10.2. The second-order valence-electron chi connectivity index (χ2n) is 3.84. The maximum atomic E-state index is 2.16. The molecule has 0 amide bonds. The van der Waals surface area contributed by atoms with Gasteiger partial charge in [-0.2, -0.15) is 0 Å². The van der Waals surface area contributed by atoms with E-state index in [2.05, 4.69) is 44.1 Å². The Hall–Kier alpha value is -0.705. The molecule has 0 unspecified atom stereocenters. The largest absolute Gasteiger partial charge is 0.367 e. The summed E-state index contributed by atoms with van der Waals surface area (Å²) in [6.45, 7) is 0.906. The van der Waals surface area contributed by atoms with Gasteiger partial charge in [-0.3, -0.25) is 0 Å². The van der Waals surface area contributed by atoms with Crippen LogP contribution in [0.25, 0.3) is 0 Å². The molecular weight excluding hydrogens is 183 g/mol. The van der Waals surface area contributed by atoms with Crippen molar-refractivity contribution >= 4 is 22.6 Å². The lowest BCUT2D eigenvalue weighted by molar-refractivity contribution is 0.539. The van der Waals surface area contributed by atoms with Crippen LogP contribution in [0.15, 0.2) is 30.3 Å². The first-order valence-corrected chi connectivity index (χ1v) is 5.02. The van der Waals surface area contributed by atoms with E-state index in [0.717, 1.165) is 6.54 Å². The van der Waals surface area contributed by atoms with Gasteiger partial charge < -0.3 is 14.2 Å². The van der Waals surface area contributed by atoms with Gasteiger partial charge in [0, 0.05) is 6.54 Å². The Morgan fingerprint density at radius 2 is 1.53 bits per heavy atom. The third-order valence-electron chi connectivity index (χ3n) is 2.23. The molecule has 3 radical (unpaired) electrons. The monoisotopic (exact) mass is 196 g/mol. The third-order valence-corrected chi connectivity index (χ3v) is 2.23. The molecule has 0 spiro atoms. The van der Waals surface area contributed by atoms with Gasteiger partial charge in [-0.05, 0) is 19.7 Å². The number of nitrogens with zero attached hydrogens (tertiary/aromatic N) is 3. The molecule has 0 aromatic heterocycles. The van der Waals surface area contributed by atoms with E-state index in [9.17, 15) is 0 Å². The zero-order chi connectivity index (χ0) is 10.7. The highest BCUT2D eigenvalue weighted by atomic mass is 15.2. The molecule has 1 aromatic rings. The lowest BCUT2D eigenvalue weighted by Gasteiger charge is -2.36. The summed E-state index contributed by atoms with van der Waals surface area (Å²) in [5, 5.41) is 0. The molecule has 1 aromatic carbocycles. The summed E-state index contributed by atoms with van der Waals surface area (Å²) < 4.78 is 6.25. The second-order valence-corrected chi connectivity index (χ2v) is 3.84. The van der Waals surface area contributed by atoms with Crippen LogP contribution < -0.4 is 0 Å². The molecule has 0 aliphatic carbocycles. The van der Waals surface area contributed by atoms with Crippen molar-refractivity contribution in [2.24, 2.45) is 0 Å². The molecule has 1 heterocycles. The summed E-state index contributed by atoms with van der Waals surface area (Å²) in [6.07, 6.45) is 0. The van der Waals surface area contributed by atoms with Gasteiger partial charge in [0.1, 0.15) is 0 Å². The Bertz CT molecular complexity index is 299. The van der Waals surface area contributed by atoms with Gasteiger partial charge in [0.25, 0.3) is 22.6 Å². The maximum absolute atomic E-state index is 2.16. The van der Waals surface area contributed by atoms with Crippen molar-refractivity contribution in [1.29, 1.82) is 0 Å². The first-order chi connectivity index (χ1) is 7.24. The van der Waals surface area contributed by atoms with E-state index in [4.69, 9.17) is 0 Å². The number of rotatable bonds is 2. The lowest BCUT2D eigenvalue weighted by Crippen LogP contribution is -2.58. The minimum absolute atomic E-state index is 0.906. The molecule has 1 fully saturated rings. The predicted molar refractivity (Wildman–Crippen MR) is 64.8 cm³/mol. The molecule has 6 heteroatoms. The summed E-state index contributed by atoms with van der Waals surface area (Å²) in [5.74, 6) is 0. The summed E-state index contributed by atoms with van der Waals surface area (Å²) in [6, 6.07) is 10.5. The molecule has 0 atom stereocenters. The number of hydrogen-bond donors (Lipinski definition) is 0. The highest BCUT2D eigenvalue weighted by molar-refractivity contribution is 6.64. The van der Waals surface area contributed by atoms with Crippen LogP contribution in [-0.4, -0.2) is 50.9 Å². The topological polar surface area (TPSA) is 9.72 Å². The van der Waals surface area contributed by atoms with Crippen molar-refractivity contribution in [1.82, 2.24) is 14.2 Å². The van der Waals surface area contributed by atoms with Crippen molar-refractivity contribution in [3.63, 3.8) is 0 Å². The Morgan fingerprint density at radius 3 is 2.13 bits per heavy atom. The van der Waals surface area contributed by atoms with Gasteiger partial charge in [-0.15, -0.1) is 0 Å². The van der Waals surface area contributed by atoms with Gasteiger partial charge in [-0.1, -0.05) is 30.3 Å². The second kappa shape index (κ2) is 4.88. The molecule has 1 saturated heterocycles. The molecule has 2 rings (SSSR count). The zero-order valence-electron chi connectivity index (χ0n) is 9.17. The fourth-order valence-electron chi connectivity index (χ4n) is 1.72. The Balaban J connectivity index is 1.94. The summed E-state index contributed by atoms with van der Waals surface area (Å²) in [4.78, 5) is 0. The van der Waals surface area contributed by atoms with Gasteiger partial charge in [-0.25, -0.2) is 0 Å². The average Bonchev–Trinajstić information content (AvgIpc) is 2.17. The normalized spacial score (nSPS) is 19.1. The Labute approximate surface area is 93.9 Å². The average molecular weight is 196 g/mol.